The lowest BCUT2D eigenvalue weighted by molar-refractivity contribution is -0.138. The van der Waals surface area contributed by atoms with Crippen molar-refractivity contribution in [3.8, 4) is 0 Å². The molecule has 2 fully saturated rings. The van der Waals surface area contributed by atoms with Crippen molar-refractivity contribution < 1.29 is 9.59 Å². The Morgan fingerprint density at radius 2 is 2.19 bits per heavy atom. The average molecular weight is 358 g/mol. The van der Waals surface area contributed by atoms with Crippen LogP contribution in [0.3, 0.4) is 0 Å². The van der Waals surface area contributed by atoms with Crippen LogP contribution in [0.5, 0.6) is 0 Å². The number of pyridine rings is 1. The second-order valence-electron chi connectivity index (χ2n) is 7.64. The molecule has 0 saturated carbocycles. The number of carbonyl (C=O) groups is 2. The van der Waals surface area contributed by atoms with Crippen LogP contribution in [0.1, 0.15) is 44.7 Å². The van der Waals surface area contributed by atoms with Gasteiger partial charge in [0.25, 0.3) is 0 Å². The predicted molar refractivity (Wildman–Crippen MR) is 101 cm³/mol. The molecule has 0 radical (unpaired) electrons. The highest BCUT2D eigenvalue weighted by atomic mass is 16.2. The summed E-state index contributed by atoms with van der Waals surface area (Å²) in [4.78, 5) is 33.1. The van der Waals surface area contributed by atoms with Gasteiger partial charge in [0.1, 0.15) is 0 Å². The molecule has 1 aromatic heterocycles. The Labute approximate surface area is 156 Å². The van der Waals surface area contributed by atoms with Crippen LogP contribution in [-0.4, -0.2) is 59.4 Å². The smallest absolute Gasteiger partial charge is 0.317 e. The van der Waals surface area contributed by atoms with Crippen LogP contribution in [-0.2, 0) is 11.2 Å². The first-order chi connectivity index (χ1) is 12.6. The summed E-state index contributed by atoms with van der Waals surface area (Å²) in [6.07, 6.45) is 7.11. The minimum absolute atomic E-state index is 0.0443. The maximum absolute atomic E-state index is 12.4. The van der Waals surface area contributed by atoms with Crippen LogP contribution >= 0.6 is 0 Å². The van der Waals surface area contributed by atoms with E-state index in [0.29, 0.717) is 13.0 Å². The Bertz CT molecular complexity index is 621. The molecule has 0 bridgehead atoms. The fourth-order valence-corrected chi connectivity index (χ4v) is 4.16. The second-order valence-corrected chi connectivity index (χ2v) is 7.64. The minimum atomic E-state index is 0.0443. The van der Waals surface area contributed by atoms with Crippen molar-refractivity contribution in [2.24, 2.45) is 5.41 Å². The topological polar surface area (TPSA) is 65.5 Å². The van der Waals surface area contributed by atoms with Crippen LogP contribution in [0, 0.1) is 5.41 Å². The Kier molecular flexibility index (Phi) is 6.12. The molecule has 2 aliphatic heterocycles. The summed E-state index contributed by atoms with van der Waals surface area (Å²) < 4.78 is 0. The lowest BCUT2D eigenvalue weighted by Gasteiger charge is -2.48. The van der Waals surface area contributed by atoms with E-state index in [1.807, 2.05) is 28.0 Å². The highest BCUT2D eigenvalue weighted by Crippen LogP contribution is 2.38. The molecule has 1 aromatic rings. The minimum Gasteiger partial charge on any atom is -0.342 e. The number of carbonyl (C=O) groups excluding carboxylic acids is 2. The van der Waals surface area contributed by atoms with E-state index >= 15 is 0 Å². The third kappa shape index (κ3) is 4.54. The highest BCUT2D eigenvalue weighted by Gasteiger charge is 2.42. The average Bonchev–Trinajstić information content (AvgIpc) is 2.68. The number of aromatic nitrogens is 1. The Hall–Kier alpha value is -2.11. The van der Waals surface area contributed by atoms with Gasteiger partial charge in [-0.05, 0) is 37.8 Å². The number of hydrogen-bond donors (Lipinski definition) is 1. The maximum atomic E-state index is 12.4. The van der Waals surface area contributed by atoms with E-state index in [1.54, 1.807) is 6.20 Å². The van der Waals surface area contributed by atoms with Gasteiger partial charge in [-0.2, -0.15) is 0 Å². The number of nitrogens with one attached hydrogen (secondary N) is 1. The van der Waals surface area contributed by atoms with Gasteiger partial charge in [-0.3, -0.25) is 9.78 Å². The molecule has 0 aromatic carbocycles. The summed E-state index contributed by atoms with van der Waals surface area (Å²) in [7, 11) is 0. The quantitative estimate of drug-likeness (QED) is 0.879. The number of rotatable bonds is 5. The van der Waals surface area contributed by atoms with Gasteiger partial charge in [-0.1, -0.05) is 13.0 Å². The van der Waals surface area contributed by atoms with Crippen molar-refractivity contribution in [3.05, 3.63) is 30.1 Å². The molecule has 1 atom stereocenters. The highest BCUT2D eigenvalue weighted by molar-refractivity contribution is 5.77. The first-order valence-corrected chi connectivity index (χ1v) is 9.82. The first kappa shape index (κ1) is 18.7. The summed E-state index contributed by atoms with van der Waals surface area (Å²) in [5.41, 5.74) is 1.07. The number of hydrogen-bond acceptors (Lipinski definition) is 3. The fraction of sp³-hybridized carbons (Fsp3) is 0.650. The van der Waals surface area contributed by atoms with Gasteiger partial charge in [-0.15, -0.1) is 0 Å². The van der Waals surface area contributed by atoms with E-state index < -0.39 is 0 Å². The van der Waals surface area contributed by atoms with Gasteiger partial charge in [0.15, 0.2) is 0 Å². The largest absolute Gasteiger partial charge is 0.342 e. The molecule has 3 heterocycles. The Morgan fingerprint density at radius 1 is 1.31 bits per heavy atom. The SMILES string of the molecule is CCCNC(=O)N1CCCC2(CCC(=O)N(CCc3ccccn3)C2)C1. The lowest BCUT2D eigenvalue weighted by Crippen LogP contribution is -2.56. The molecule has 1 unspecified atom stereocenters. The van der Waals surface area contributed by atoms with Gasteiger partial charge in [-0.25, -0.2) is 4.79 Å². The summed E-state index contributed by atoms with van der Waals surface area (Å²) >= 11 is 0. The molecule has 3 amide bonds. The molecule has 1 N–H and O–H groups in total. The zero-order chi connectivity index (χ0) is 18.4. The molecule has 1 spiro atoms. The van der Waals surface area contributed by atoms with Crippen LogP contribution < -0.4 is 5.32 Å². The summed E-state index contributed by atoms with van der Waals surface area (Å²) in [6, 6.07) is 5.94. The summed E-state index contributed by atoms with van der Waals surface area (Å²) in [5.74, 6) is 0.235. The van der Waals surface area contributed by atoms with E-state index in [4.69, 9.17) is 0 Å². The third-order valence-electron chi connectivity index (χ3n) is 5.59. The van der Waals surface area contributed by atoms with Crippen molar-refractivity contribution in [2.45, 2.75) is 45.4 Å². The molecular formula is C20H30N4O2. The fourth-order valence-electron chi connectivity index (χ4n) is 4.16. The van der Waals surface area contributed by atoms with Crippen LogP contribution in [0.4, 0.5) is 4.79 Å². The molecule has 2 aliphatic rings. The van der Waals surface area contributed by atoms with Crippen LogP contribution in [0.25, 0.3) is 0 Å². The zero-order valence-electron chi connectivity index (χ0n) is 15.7. The molecule has 6 nitrogen and oxygen atoms in total. The Morgan fingerprint density at radius 3 is 2.96 bits per heavy atom. The van der Waals surface area contributed by atoms with Crippen molar-refractivity contribution in [3.63, 3.8) is 0 Å². The third-order valence-corrected chi connectivity index (χ3v) is 5.59. The van der Waals surface area contributed by atoms with Gasteiger partial charge in [0, 0.05) is 62.9 Å². The molecule has 2 saturated heterocycles. The van der Waals surface area contributed by atoms with E-state index in [9.17, 15) is 9.59 Å². The normalized spacial score (nSPS) is 23.3. The van der Waals surface area contributed by atoms with Gasteiger partial charge in [0.2, 0.25) is 5.91 Å². The predicted octanol–water partition coefficient (Wildman–Crippen LogP) is 2.45. The van der Waals surface area contributed by atoms with Gasteiger partial charge < -0.3 is 15.1 Å². The molecule has 6 heteroatoms. The van der Waals surface area contributed by atoms with Crippen molar-refractivity contribution >= 4 is 11.9 Å². The number of likely N-dealkylation sites (tertiary alicyclic amines) is 2. The number of urea groups is 1. The lowest BCUT2D eigenvalue weighted by atomic mass is 9.73. The number of nitrogens with zero attached hydrogens (tertiary/aromatic N) is 3. The van der Waals surface area contributed by atoms with Crippen molar-refractivity contribution in [1.82, 2.24) is 20.1 Å². The summed E-state index contributed by atoms with van der Waals surface area (Å²) in [5, 5.41) is 2.99. The van der Waals surface area contributed by atoms with E-state index in [-0.39, 0.29) is 17.4 Å². The van der Waals surface area contributed by atoms with Crippen molar-refractivity contribution in [2.75, 3.05) is 32.7 Å². The summed E-state index contributed by atoms with van der Waals surface area (Å²) in [6.45, 7) is 5.83. The molecular weight excluding hydrogens is 328 g/mol. The van der Waals surface area contributed by atoms with Crippen LogP contribution in [0.2, 0.25) is 0 Å². The number of amides is 3. The monoisotopic (exact) mass is 358 g/mol. The standard InChI is InChI=1S/C20H30N4O2/c1-2-11-22-19(26)24-13-5-9-20(16-24)10-7-18(25)23(15-20)14-8-17-6-3-4-12-21-17/h3-4,6,12H,2,5,7-11,13-16H2,1H3,(H,22,26). The zero-order valence-corrected chi connectivity index (χ0v) is 15.7. The molecule has 0 aliphatic carbocycles. The Balaban J connectivity index is 1.60. The molecule has 142 valence electrons. The molecule has 26 heavy (non-hydrogen) atoms. The van der Waals surface area contributed by atoms with E-state index in [2.05, 4.69) is 17.2 Å². The first-order valence-electron chi connectivity index (χ1n) is 9.82. The van der Waals surface area contributed by atoms with Crippen LogP contribution in [0.15, 0.2) is 24.4 Å². The number of piperidine rings is 2. The van der Waals surface area contributed by atoms with E-state index in [1.165, 1.54) is 0 Å². The van der Waals surface area contributed by atoms with Gasteiger partial charge >= 0.3 is 6.03 Å². The van der Waals surface area contributed by atoms with Gasteiger partial charge in [0.05, 0.1) is 0 Å². The molecule has 3 rings (SSSR count). The maximum Gasteiger partial charge on any atom is 0.317 e. The van der Waals surface area contributed by atoms with Crippen molar-refractivity contribution in [1.29, 1.82) is 0 Å². The second kappa shape index (κ2) is 8.52. The van der Waals surface area contributed by atoms with E-state index in [0.717, 1.165) is 64.0 Å².